The molecule has 0 atom stereocenters. The lowest BCUT2D eigenvalue weighted by atomic mass is 10.2. The molecule has 0 spiro atoms. The van der Waals surface area contributed by atoms with Crippen LogP contribution in [0.15, 0.2) is 32.5 Å². The van der Waals surface area contributed by atoms with Gasteiger partial charge in [-0.1, -0.05) is 30.0 Å². The smallest absolute Gasteiger partial charge is 0.293 e. The summed E-state index contributed by atoms with van der Waals surface area (Å²) in [7, 11) is 0. The van der Waals surface area contributed by atoms with Gasteiger partial charge in [-0.25, -0.2) is 4.98 Å². The molecule has 0 aromatic carbocycles. The predicted octanol–water partition coefficient (Wildman–Crippen LogP) is 3.52. The second kappa shape index (κ2) is 8.92. The van der Waals surface area contributed by atoms with Crippen LogP contribution >= 0.6 is 34.4 Å². The van der Waals surface area contributed by atoms with Crippen molar-refractivity contribution in [1.82, 2.24) is 15.2 Å². The van der Waals surface area contributed by atoms with Gasteiger partial charge in [-0.3, -0.25) is 14.9 Å². The van der Waals surface area contributed by atoms with Gasteiger partial charge < -0.3 is 9.73 Å². The number of anilines is 2. The van der Waals surface area contributed by atoms with Crippen LogP contribution in [0, 0.1) is 0 Å². The normalized spacial score (nSPS) is 10.7. The number of aryl methyl sites for hydroxylation is 1. The number of rotatable bonds is 8. The SMILES string of the molecule is CCSc1nnc(NC(=O)CCc2csc(NC(=O)c3ccco3)n2)s1. The Balaban J connectivity index is 1.46. The third kappa shape index (κ3) is 5.13. The van der Waals surface area contributed by atoms with E-state index < -0.39 is 0 Å². The second-order valence-electron chi connectivity index (χ2n) is 4.93. The number of aromatic nitrogens is 3. The highest BCUT2D eigenvalue weighted by Crippen LogP contribution is 2.25. The molecule has 3 aromatic heterocycles. The first-order chi connectivity index (χ1) is 12.6. The molecule has 0 aliphatic carbocycles. The zero-order valence-corrected chi connectivity index (χ0v) is 16.2. The van der Waals surface area contributed by atoms with Crippen molar-refractivity contribution in [1.29, 1.82) is 0 Å². The summed E-state index contributed by atoms with van der Waals surface area (Å²) in [5.41, 5.74) is 0.736. The topological polar surface area (TPSA) is 110 Å². The minimum Gasteiger partial charge on any atom is -0.459 e. The van der Waals surface area contributed by atoms with Gasteiger partial charge >= 0.3 is 0 Å². The van der Waals surface area contributed by atoms with Gasteiger partial charge in [0.25, 0.3) is 5.91 Å². The number of carbonyl (C=O) groups excluding carboxylic acids is 2. The van der Waals surface area contributed by atoms with Crippen molar-refractivity contribution in [2.75, 3.05) is 16.4 Å². The minimum absolute atomic E-state index is 0.150. The van der Waals surface area contributed by atoms with Crippen molar-refractivity contribution in [3.05, 3.63) is 35.2 Å². The average Bonchev–Trinajstić information content (AvgIpc) is 3.35. The maximum atomic E-state index is 12.0. The van der Waals surface area contributed by atoms with E-state index in [4.69, 9.17) is 4.42 Å². The van der Waals surface area contributed by atoms with Crippen molar-refractivity contribution in [2.24, 2.45) is 0 Å². The first kappa shape index (κ1) is 18.5. The molecule has 0 unspecified atom stereocenters. The number of nitrogens with one attached hydrogen (secondary N) is 2. The molecule has 0 radical (unpaired) electrons. The van der Waals surface area contributed by atoms with E-state index in [-0.39, 0.29) is 24.0 Å². The Bertz CT molecular complexity index is 875. The van der Waals surface area contributed by atoms with Gasteiger partial charge in [-0.2, -0.15) is 0 Å². The van der Waals surface area contributed by atoms with E-state index in [1.807, 2.05) is 12.3 Å². The molecule has 0 aliphatic heterocycles. The molecule has 0 aliphatic rings. The lowest BCUT2D eigenvalue weighted by Crippen LogP contribution is -2.12. The summed E-state index contributed by atoms with van der Waals surface area (Å²) < 4.78 is 5.86. The fraction of sp³-hybridized carbons (Fsp3) is 0.267. The summed E-state index contributed by atoms with van der Waals surface area (Å²) in [5.74, 6) is 0.624. The number of amides is 2. The average molecular weight is 410 g/mol. The number of hydrogen-bond donors (Lipinski definition) is 2. The molecular formula is C15H15N5O3S3. The summed E-state index contributed by atoms with van der Waals surface area (Å²) in [4.78, 5) is 28.2. The van der Waals surface area contributed by atoms with E-state index in [2.05, 4.69) is 25.8 Å². The molecule has 0 bridgehead atoms. The number of thiazole rings is 1. The predicted molar refractivity (Wildman–Crippen MR) is 102 cm³/mol. The maximum absolute atomic E-state index is 12.0. The summed E-state index contributed by atoms with van der Waals surface area (Å²) >= 11 is 4.24. The first-order valence-electron chi connectivity index (χ1n) is 7.69. The van der Waals surface area contributed by atoms with Crippen LogP contribution in [0.2, 0.25) is 0 Å². The first-order valence-corrected chi connectivity index (χ1v) is 10.4. The highest BCUT2D eigenvalue weighted by molar-refractivity contribution is 8.01. The van der Waals surface area contributed by atoms with E-state index in [0.29, 0.717) is 16.7 Å². The van der Waals surface area contributed by atoms with Gasteiger partial charge in [-0.05, 0) is 24.3 Å². The zero-order chi connectivity index (χ0) is 18.4. The van der Waals surface area contributed by atoms with Gasteiger partial charge in [-0.15, -0.1) is 21.5 Å². The second-order valence-corrected chi connectivity index (χ2v) is 8.28. The van der Waals surface area contributed by atoms with Crippen LogP contribution in [0.1, 0.15) is 29.6 Å². The van der Waals surface area contributed by atoms with Gasteiger partial charge in [0.15, 0.2) is 15.2 Å². The van der Waals surface area contributed by atoms with Crippen LogP contribution < -0.4 is 10.6 Å². The lowest BCUT2D eigenvalue weighted by molar-refractivity contribution is -0.116. The number of nitrogens with zero attached hydrogens (tertiary/aromatic N) is 3. The minimum atomic E-state index is -0.356. The third-order valence-corrected chi connectivity index (χ3v) is 5.71. The molecule has 8 nitrogen and oxygen atoms in total. The quantitative estimate of drug-likeness (QED) is 0.432. The van der Waals surface area contributed by atoms with Crippen LogP contribution in [-0.2, 0) is 11.2 Å². The fourth-order valence-corrected chi connectivity index (χ4v) is 4.32. The molecule has 0 saturated carbocycles. The molecule has 2 amide bonds. The van der Waals surface area contributed by atoms with Crippen molar-refractivity contribution >= 4 is 56.5 Å². The Morgan fingerprint density at radius 2 is 2.15 bits per heavy atom. The molecule has 0 fully saturated rings. The number of carbonyl (C=O) groups is 2. The van der Waals surface area contributed by atoms with Gasteiger partial charge in [0.05, 0.1) is 12.0 Å². The molecule has 136 valence electrons. The van der Waals surface area contributed by atoms with Crippen LogP contribution in [0.3, 0.4) is 0 Å². The Labute approximate surface area is 161 Å². The Kier molecular flexibility index (Phi) is 6.36. The van der Waals surface area contributed by atoms with Crippen LogP contribution in [0.4, 0.5) is 10.3 Å². The van der Waals surface area contributed by atoms with Crippen LogP contribution in [-0.4, -0.2) is 32.7 Å². The zero-order valence-electron chi connectivity index (χ0n) is 13.7. The molecule has 11 heteroatoms. The maximum Gasteiger partial charge on any atom is 0.293 e. The molecule has 2 N–H and O–H groups in total. The highest BCUT2D eigenvalue weighted by Gasteiger charge is 2.13. The summed E-state index contributed by atoms with van der Waals surface area (Å²) in [6.07, 6.45) is 2.17. The lowest BCUT2D eigenvalue weighted by Gasteiger charge is -1.99. The Morgan fingerprint density at radius 1 is 1.27 bits per heavy atom. The standard InChI is InChI=1S/C15H15N5O3S3/c1-2-24-15-20-19-14(26-15)17-11(21)6-5-9-8-25-13(16-9)18-12(22)10-4-3-7-23-10/h3-4,7-8H,2,5-6H2,1H3,(H,16,18,22)(H,17,19,21). The van der Waals surface area contributed by atoms with Gasteiger partial charge in [0.2, 0.25) is 11.0 Å². The van der Waals surface area contributed by atoms with Crippen LogP contribution in [0.25, 0.3) is 0 Å². The third-order valence-electron chi connectivity index (χ3n) is 3.05. The molecule has 3 aromatic rings. The molecule has 3 rings (SSSR count). The van der Waals surface area contributed by atoms with Crippen molar-refractivity contribution < 1.29 is 14.0 Å². The van der Waals surface area contributed by atoms with Crippen molar-refractivity contribution in [2.45, 2.75) is 24.1 Å². The number of thioether (sulfide) groups is 1. The Hall–Kier alpha value is -2.24. The molecule has 26 heavy (non-hydrogen) atoms. The highest BCUT2D eigenvalue weighted by atomic mass is 32.2. The number of furan rings is 1. The van der Waals surface area contributed by atoms with E-state index in [1.165, 1.54) is 28.9 Å². The summed E-state index contributed by atoms with van der Waals surface area (Å²) in [5, 5.41) is 16.1. The van der Waals surface area contributed by atoms with E-state index in [0.717, 1.165) is 15.8 Å². The van der Waals surface area contributed by atoms with Gasteiger partial charge in [0, 0.05) is 11.8 Å². The largest absolute Gasteiger partial charge is 0.459 e. The molecule has 0 saturated heterocycles. The monoisotopic (exact) mass is 409 g/mol. The van der Waals surface area contributed by atoms with E-state index >= 15 is 0 Å². The van der Waals surface area contributed by atoms with Crippen molar-refractivity contribution in [3.63, 3.8) is 0 Å². The summed E-state index contributed by atoms with van der Waals surface area (Å²) in [6, 6.07) is 3.22. The number of hydrogen-bond acceptors (Lipinski definition) is 9. The fourth-order valence-electron chi connectivity index (χ4n) is 1.91. The van der Waals surface area contributed by atoms with E-state index in [9.17, 15) is 9.59 Å². The summed E-state index contributed by atoms with van der Waals surface area (Å²) in [6.45, 7) is 2.03. The van der Waals surface area contributed by atoms with E-state index in [1.54, 1.807) is 23.9 Å². The molecule has 3 heterocycles. The molecular weight excluding hydrogens is 394 g/mol. The van der Waals surface area contributed by atoms with Crippen LogP contribution in [0.5, 0.6) is 0 Å². The van der Waals surface area contributed by atoms with Gasteiger partial charge in [0.1, 0.15) is 0 Å². The van der Waals surface area contributed by atoms with Crippen molar-refractivity contribution in [3.8, 4) is 0 Å². The Morgan fingerprint density at radius 3 is 2.92 bits per heavy atom.